The van der Waals surface area contributed by atoms with Crippen LogP contribution in [0, 0.1) is 0 Å². The number of aromatic nitrogens is 2. The number of pyridine rings is 2. The highest BCUT2D eigenvalue weighted by atomic mass is 32.2. The first-order valence-corrected chi connectivity index (χ1v) is 24.8. The molecule has 1 aliphatic rings. The van der Waals surface area contributed by atoms with E-state index in [1.165, 1.54) is 20.3 Å². The topological polar surface area (TPSA) is 308 Å². The minimum atomic E-state index is -0.939. The molecule has 0 saturated carbocycles. The van der Waals surface area contributed by atoms with Crippen LogP contribution in [0.4, 0.5) is 22.7 Å². The highest BCUT2D eigenvalue weighted by Crippen LogP contribution is 2.28. The van der Waals surface area contributed by atoms with Crippen LogP contribution in [0.1, 0.15) is 28.8 Å². The quantitative estimate of drug-likeness (QED) is 0.0134. The summed E-state index contributed by atoms with van der Waals surface area (Å²) in [7, 11) is 2.85. The number of benzene rings is 2. The van der Waals surface area contributed by atoms with E-state index in [0.717, 1.165) is 25.2 Å². The van der Waals surface area contributed by atoms with Gasteiger partial charge in [0.25, 0.3) is 17.7 Å². The number of hydrogen-bond acceptors (Lipinski definition) is 17. The van der Waals surface area contributed by atoms with Gasteiger partial charge in [0.15, 0.2) is 24.8 Å². The van der Waals surface area contributed by atoms with Crippen LogP contribution in [0.2, 0.25) is 0 Å². The average molecular weight is 1050 g/mol. The van der Waals surface area contributed by atoms with Crippen molar-refractivity contribution in [2.24, 2.45) is 0 Å². The molecule has 1 aliphatic heterocycles. The van der Waals surface area contributed by atoms with Gasteiger partial charge >= 0.3 is 23.6 Å². The Morgan fingerprint density at radius 3 is 1.84 bits per heavy atom. The molecule has 3 heterocycles. The molecule has 74 heavy (non-hydrogen) atoms. The highest BCUT2D eigenvalue weighted by Gasteiger charge is 2.19. The molecule has 0 radical (unpaired) electrons. The number of hydrazine groups is 2. The van der Waals surface area contributed by atoms with Crippen LogP contribution >= 0.6 is 11.8 Å². The molecular formula is C48H65N13O12S+2. The lowest BCUT2D eigenvalue weighted by atomic mass is 10.2. The summed E-state index contributed by atoms with van der Waals surface area (Å²) in [5.41, 5.74) is 15.7. The molecule has 25 nitrogen and oxygen atoms in total. The van der Waals surface area contributed by atoms with Crippen molar-refractivity contribution in [2.75, 3.05) is 113 Å². The fourth-order valence-corrected chi connectivity index (χ4v) is 7.56. The van der Waals surface area contributed by atoms with Gasteiger partial charge in [-0.3, -0.25) is 65.0 Å². The predicted octanol–water partition coefficient (Wildman–Crippen LogP) is -1.04. The van der Waals surface area contributed by atoms with Crippen molar-refractivity contribution < 1.29 is 66.9 Å². The van der Waals surface area contributed by atoms with Gasteiger partial charge in [0, 0.05) is 98.6 Å². The summed E-state index contributed by atoms with van der Waals surface area (Å²) in [6.45, 7) is 5.43. The largest absolute Gasteiger partial charge is 0.494 e. The van der Waals surface area contributed by atoms with Crippen molar-refractivity contribution in [3.8, 4) is 11.5 Å². The summed E-state index contributed by atoms with van der Waals surface area (Å²) >= 11 is 1.62. The minimum absolute atomic E-state index is 0.0207. The Bertz CT molecular complexity index is 2520. The molecule has 0 atom stereocenters. The van der Waals surface area contributed by atoms with Crippen molar-refractivity contribution >= 4 is 75.9 Å². The van der Waals surface area contributed by atoms with Crippen LogP contribution in [0.5, 0.6) is 11.5 Å². The SMILES string of the molecule is COc1cc(NC(=O)C[n+]2cccc(C(=O)NCCSCCNOCc3ccc[n+](CC(=O)Nc4ccc(NNC(=O)C(=O)NCCCN5CCOCC5)c(OC)c4)c3)c2)ccc1NNC(=O)C(=O)NCCCO. The molecule has 0 spiro atoms. The van der Waals surface area contributed by atoms with Crippen LogP contribution in [0.15, 0.2) is 85.5 Å². The summed E-state index contributed by atoms with van der Waals surface area (Å²) in [5.74, 6) is -2.43. The normalized spacial score (nSPS) is 12.1. The fourth-order valence-electron chi connectivity index (χ4n) is 6.89. The van der Waals surface area contributed by atoms with E-state index >= 15 is 0 Å². The smallest absolute Gasteiger partial charge is 0.327 e. The monoisotopic (exact) mass is 1050 g/mol. The average Bonchev–Trinajstić information content (AvgIpc) is 3.40. The lowest BCUT2D eigenvalue weighted by Crippen LogP contribution is -2.43. The first-order chi connectivity index (χ1) is 35.9. The molecule has 2 aromatic carbocycles. The maximum Gasteiger partial charge on any atom is 0.327 e. The number of carbonyl (C=O) groups is 7. The van der Waals surface area contributed by atoms with Gasteiger partial charge in [-0.15, -0.1) is 0 Å². The molecule has 0 unspecified atom stereocenters. The molecular weight excluding hydrogens is 983 g/mol. The van der Waals surface area contributed by atoms with Gasteiger partial charge in [0.2, 0.25) is 13.1 Å². The van der Waals surface area contributed by atoms with E-state index in [4.69, 9.17) is 24.2 Å². The summed E-state index contributed by atoms with van der Waals surface area (Å²) < 4.78 is 19.4. The van der Waals surface area contributed by atoms with E-state index in [-0.39, 0.29) is 56.3 Å². The van der Waals surface area contributed by atoms with Crippen molar-refractivity contribution in [3.63, 3.8) is 0 Å². The van der Waals surface area contributed by atoms with E-state index in [1.807, 2.05) is 12.1 Å². The van der Waals surface area contributed by atoms with Gasteiger partial charge in [0.05, 0.1) is 45.4 Å². The van der Waals surface area contributed by atoms with Gasteiger partial charge in [-0.05, 0) is 55.8 Å². The zero-order chi connectivity index (χ0) is 52.9. The molecule has 1 fully saturated rings. The Labute approximate surface area is 432 Å². The number of amides is 7. The lowest BCUT2D eigenvalue weighted by Gasteiger charge is -2.26. The number of thioether (sulfide) groups is 1. The Morgan fingerprint density at radius 2 is 1.24 bits per heavy atom. The number of aliphatic hydroxyl groups is 1. The number of hydrogen-bond donors (Lipinski definition) is 11. The number of ether oxygens (including phenoxy) is 3. The number of nitrogens with zero attached hydrogens (tertiary/aromatic N) is 3. The lowest BCUT2D eigenvalue weighted by molar-refractivity contribution is -0.684. The number of morpholine rings is 1. The fraction of sp³-hybridized carbons (Fsp3) is 0.396. The second-order valence-corrected chi connectivity index (χ2v) is 17.4. The van der Waals surface area contributed by atoms with Crippen molar-refractivity contribution in [1.82, 2.24) is 37.2 Å². The van der Waals surface area contributed by atoms with Gasteiger partial charge in [-0.25, -0.2) is 5.48 Å². The molecule has 0 aliphatic carbocycles. The molecule has 11 N–H and O–H groups in total. The first kappa shape index (κ1) is 57.3. The van der Waals surface area contributed by atoms with Crippen LogP contribution in [0.25, 0.3) is 0 Å². The zero-order valence-electron chi connectivity index (χ0n) is 41.3. The van der Waals surface area contributed by atoms with Crippen molar-refractivity contribution in [1.29, 1.82) is 0 Å². The van der Waals surface area contributed by atoms with Gasteiger partial charge in [0.1, 0.15) is 17.1 Å². The second-order valence-electron chi connectivity index (χ2n) is 16.2. The van der Waals surface area contributed by atoms with E-state index in [2.05, 4.69) is 58.7 Å². The van der Waals surface area contributed by atoms with Crippen LogP contribution in [-0.4, -0.2) is 143 Å². The van der Waals surface area contributed by atoms with Crippen molar-refractivity contribution in [2.45, 2.75) is 32.5 Å². The Balaban J connectivity index is 0.922. The van der Waals surface area contributed by atoms with Crippen molar-refractivity contribution in [3.05, 3.63) is 96.6 Å². The Kier molecular flexibility index (Phi) is 24.6. The Hall–Kier alpha value is -7.62. The van der Waals surface area contributed by atoms with E-state index in [9.17, 15) is 33.6 Å². The number of rotatable bonds is 29. The minimum Gasteiger partial charge on any atom is -0.494 e. The second kappa shape index (κ2) is 31.8. The predicted molar refractivity (Wildman–Crippen MR) is 272 cm³/mol. The Morgan fingerprint density at radius 1 is 0.676 bits per heavy atom. The third kappa shape index (κ3) is 20.5. The molecule has 398 valence electrons. The van der Waals surface area contributed by atoms with E-state index < -0.39 is 23.6 Å². The third-order valence-corrected chi connectivity index (χ3v) is 11.6. The number of methoxy groups -OCH3 is 2. The van der Waals surface area contributed by atoms with Gasteiger partial charge < -0.3 is 45.9 Å². The number of aliphatic hydroxyl groups excluding tert-OH is 1. The molecule has 4 aromatic rings. The standard InChI is InChI=1S/C48H63N13O12S/c1-70-40-27-36(9-11-38(40)55-57-47(68)45(66)49-13-5-19-59-20-23-72-24-21-59)53-42(63)31-60-17-3-7-34(29-60)33-73-52-16-26-74-25-15-51-44(65)35-8-4-18-61(30-35)32-43(64)54-37-10-12-39(41(28-37)71-2)56-58-48(69)46(67)50-14-6-22-62/h3-4,7-12,17-18,27-30,52,62H,5-6,13-16,19-26,31-33H2,1-2H3,(H7-2,49,50,51,53,54,55,56,57,58,63,64,65,66,67,68,69)/p+2. The zero-order valence-corrected chi connectivity index (χ0v) is 42.1. The molecule has 5 rings (SSSR count). The summed E-state index contributed by atoms with van der Waals surface area (Å²) in [5, 5.41) is 22.3. The molecule has 0 bridgehead atoms. The summed E-state index contributed by atoms with van der Waals surface area (Å²) in [4.78, 5) is 95.1. The molecule has 7 amide bonds. The van der Waals surface area contributed by atoms with Crippen LogP contribution in [0.3, 0.4) is 0 Å². The third-order valence-electron chi connectivity index (χ3n) is 10.6. The summed E-state index contributed by atoms with van der Waals surface area (Å²) in [6, 6.07) is 16.5. The number of anilines is 4. The molecule has 1 saturated heterocycles. The number of carbonyl (C=O) groups excluding carboxylic acids is 7. The maximum atomic E-state index is 13.0. The number of nitrogens with one attached hydrogen (secondary N) is 10. The van der Waals surface area contributed by atoms with Gasteiger partial charge in [-0.1, -0.05) is 0 Å². The number of hydroxylamine groups is 1. The van der Waals surface area contributed by atoms with E-state index in [0.29, 0.717) is 91.3 Å². The molecule has 26 heteroatoms. The van der Waals surface area contributed by atoms with Crippen LogP contribution in [-0.2, 0) is 58.0 Å². The van der Waals surface area contributed by atoms with Crippen LogP contribution < -0.4 is 72.4 Å². The maximum absolute atomic E-state index is 13.0. The molecule has 2 aromatic heterocycles. The van der Waals surface area contributed by atoms with E-state index in [1.54, 1.807) is 88.1 Å². The highest BCUT2D eigenvalue weighted by molar-refractivity contribution is 7.99. The first-order valence-electron chi connectivity index (χ1n) is 23.7. The summed E-state index contributed by atoms with van der Waals surface area (Å²) in [6.07, 6.45) is 7.83. The van der Waals surface area contributed by atoms with Gasteiger partial charge in [-0.2, -0.15) is 20.9 Å².